The Morgan fingerprint density at radius 1 is 0.593 bits per heavy atom. The molecular weight excluding hydrogens is 1060 g/mol. The quantitative estimate of drug-likeness (QED) is 0.0359. The highest BCUT2D eigenvalue weighted by atomic mass is 16.4. The first-order valence-corrected chi connectivity index (χ1v) is 26.4. The number of carboxylic acids is 3. The molecule has 28 nitrogen and oxygen atoms in total. The van der Waals surface area contributed by atoms with Gasteiger partial charge in [0.2, 0.25) is 53.2 Å². The third-order valence-corrected chi connectivity index (χ3v) is 13.3. The van der Waals surface area contributed by atoms with Gasteiger partial charge >= 0.3 is 17.9 Å². The molecule has 0 aliphatic carbocycles. The van der Waals surface area contributed by atoms with E-state index in [1.54, 1.807) is 27.7 Å². The van der Waals surface area contributed by atoms with Gasteiger partial charge in [0.1, 0.15) is 59.8 Å². The highest BCUT2D eigenvalue weighted by Crippen LogP contribution is 2.22. The summed E-state index contributed by atoms with van der Waals surface area (Å²) in [7, 11) is 0. The van der Waals surface area contributed by atoms with Crippen LogP contribution in [0.3, 0.4) is 0 Å². The molecule has 1 aliphatic heterocycles. The van der Waals surface area contributed by atoms with Gasteiger partial charge in [0.25, 0.3) is 0 Å². The molecule has 1 saturated heterocycles. The number of aliphatic hydroxyl groups is 1. The van der Waals surface area contributed by atoms with Gasteiger partial charge in [0, 0.05) is 25.8 Å². The lowest BCUT2D eigenvalue weighted by molar-refractivity contribution is -0.144. The molecule has 0 bridgehead atoms. The normalized spacial score (nSPS) is 16.7. The molecule has 1 heterocycles. The molecule has 2 aromatic carbocycles. The second kappa shape index (κ2) is 32.0. The summed E-state index contributed by atoms with van der Waals surface area (Å²) in [4.78, 5) is 160. The van der Waals surface area contributed by atoms with E-state index >= 15 is 0 Å². The van der Waals surface area contributed by atoms with Gasteiger partial charge in [-0.1, -0.05) is 58.4 Å². The lowest BCUT2D eigenvalue weighted by Gasteiger charge is -2.32. The Morgan fingerprint density at radius 2 is 1.09 bits per heavy atom. The monoisotopic (exact) mass is 1140 g/mol. The lowest BCUT2D eigenvalue weighted by atomic mass is 9.97. The predicted octanol–water partition coefficient (Wildman–Crippen LogP) is -2.24. The number of likely N-dealkylation sites (tertiary alicyclic amines) is 1. The molecule has 3 rings (SSSR count). The van der Waals surface area contributed by atoms with Gasteiger partial charge in [-0.2, -0.15) is 0 Å². The molecule has 11 atom stereocenters. The average molecular weight is 1140 g/mol. The van der Waals surface area contributed by atoms with Gasteiger partial charge in [0.15, 0.2) is 0 Å². The van der Waals surface area contributed by atoms with Gasteiger partial charge in [-0.15, -0.1) is 0 Å². The van der Waals surface area contributed by atoms with Crippen molar-refractivity contribution in [2.45, 2.75) is 166 Å². The number of phenolic OH excluding ortho intramolecular Hbond substituents is 2. The first kappa shape index (κ1) is 66.9. The van der Waals surface area contributed by atoms with Crippen LogP contribution in [0.2, 0.25) is 0 Å². The van der Waals surface area contributed by atoms with Crippen LogP contribution in [-0.2, 0) is 70.4 Å². The van der Waals surface area contributed by atoms with Crippen LogP contribution >= 0.6 is 0 Å². The van der Waals surface area contributed by atoms with Crippen molar-refractivity contribution in [1.82, 2.24) is 42.1 Å². The SMILES string of the molecule is CC[C@H](C)[C@H](NC(=O)[C@@H]1CCCN1C(=O)[C@H](CCC(N)=O)NC(=O)[C@H](CCC(=O)O)NC(=O)[C@@H](NC(=O)[C@H](Cc1ccc(O)cc1)NC(=O)[C@@H](N)Cc1ccc(O)cc1)[C@@H](C)O)C(=O)N[C@@H](CC(=O)O)C(=O)N[C@@H](CC(C)C)C(=O)O. The summed E-state index contributed by atoms with van der Waals surface area (Å²) in [5.74, 6) is -14.5. The number of primary amides is 1. The first-order chi connectivity index (χ1) is 38.0. The van der Waals surface area contributed by atoms with Crippen molar-refractivity contribution in [3.05, 3.63) is 59.7 Å². The van der Waals surface area contributed by atoms with Gasteiger partial charge in [0.05, 0.1) is 18.6 Å². The molecule has 1 fully saturated rings. The molecular formula is C53H76N10O18. The van der Waals surface area contributed by atoms with Crippen molar-refractivity contribution in [3.63, 3.8) is 0 Å². The van der Waals surface area contributed by atoms with Crippen molar-refractivity contribution in [2.75, 3.05) is 6.54 Å². The molecule has 9 amide bonds. The predicted molar refractivity (Wildman–Crippen MR) is 286 cm³/mol. The van der Waals surface area contributed by atoms with Crippen LogP contribution in [0.25, 0.3) is 0 Å². The van der Waals surface area contributed by atoms with Crippen LogP contribution in [0.5, 0.6) is 11.5 Å². The van der Waals surface area contributed by atoms with Crippen LogP contribution in [0, 0.1) is 11.8 Å². The van der Waals surface area contributed by atoms with E-state index in [-0.39, 0.29) is 62.5 Å². The minimum atomic E-state index is -1.89. The number of carbonyl (C=O) groups is 12. The van der Waals surface area contributed by atoms with Crippen molar-refractivity contribution >= 4 is 71.1 Å². The number of hydrogen-bond donors (Lipinski definition) is 15. The second-order valence-electron chi connectivity index (χ2n) is 20.4. The number of carboxylic acid groups (broad SMARTS) is 3. The number of aromatic hydroxyl groups is 2. The number of aliphatic carboxylic acids is 3. The molecule has 28 heteroatoms. The second-order valence-corrected chi connectivity index (χ2v) is 20.4. The van der Waals surface area contributed by atoms with Gasteiger partial charge < -0.3 is 84.2 Å². The van der Waals surface area contributed by atoms with E-state index in [0.717, 1.165) is 11.8 Å². The van der Waals surface area contributed by atoms with Crippen LogP contribution < -0.4 is 48.7 Å². The minimum absolute atomic E-state index is 0.00914. The number of amides is 9. The number of phenols is 2. The fraction of sp³-hybridized carbons (Fsp3) is 0.547. The summed E-state index contributed by atoms with van der Waals surface area (Å²) in [5, 5.41) is 76.0. The maximum Gasteiger partial charge on any atom is 0.326 e. The Balaban J connectivity index is 1.88. The average Bonchev–Trinajstić information content (AvgIpc) is 3.89. The Hall–Kier alpha value is -8.40. The van der Waals surface area contributed by atoms with Crippen LogP contribution in [0.15, 0.2) is 48.5 Å². The Labute approximate surface area is 466 Å². The summed E-state index contributed by atoms with van der Waals surface area (Å²) in [6, 6.07) is -2.66. The number of carbonyl (C=O) groups excluding carboxylic acids is 9. The van der Waals surface area contributed by atoms with E-state index in [1.807, 2.05) is 0 Å². The summed E-state index contributed by atoms with van der Waals surface area (Å²) in [6.45, 7) is 7.65. The highest BCUT2D eigenvalue weighted by molar-refractivity contribution is 5.99. The fourth-order valence-electron chi connectivity index (χ4n) is 8.67. The molecule has 2 aromatic rings. The summed E-state index contributed by atoms with van der Waals surface area (Å²) < 4.78 is 0. The zero-order valence-electron chi connectivity index (χ0n) is 45.7. The molecule has 0 aromatic heterocycles. The zero-order chi connectivity index (χ0) is 60.8. The highest BCUT2D eigenvalue weighted by Gasteiger charge is 2.42. The standard InChI is InChI=1S/C53H76N10O18/c1-6-27(4)43(50(77)59-37(25-42(70)71)47(74)60-38(53(80)81)22-26(2)3)61-49(76)39-8-7-21-63(39)52(79)35(17-19-40(55)67)57-46(73)34(18-20-41(68)69)56-51(78)44(28(5)64)62-48(75)36(24-30-11-15-32(66)16-12-30)58-45(72)33(54)23-29-9-13-31(65)14-10-29/h9-16,26-28,33-39,43-44,64-66H,6-8,17-25,54H2,1-5H3,(H2,55,67)(H,56,78)(H,57,73)(H,58,72)(H,59,77)(H,60,74)(H,61,76)(H,62,75)(H,68,69)(H,70,71)(H,80,81)/t27-,28+,33-,34-,35-,36-,37-,38-,39-,43-,44-/m0/s1. The molecule has 0 unspecified atom stereocenters. The van der Waals surface area contributed by atoms with E-state index in [2.05, 4.69) is 37.2 Å². The number of nitrogens with two attached hydrogens (primary N) is 2. The van der Waals surface area contributed by atoms with Crippen LogP contribution in [-0.4, -0.2) is 174 Å². The summed E-state index contributed by atoms with van der Waals surface area (Å²) in [6.07, 6.45) is -4.87. The third-order valence-electron chi connectivity index (χ3n) is 13.3. The van der Waals surface area contributed by atoms with Crippen LogP contribution in [0.4, 0.5) is 0 Å². The number of nitrogens with one attached hydrogen (secondary N) is 7. The molecule has 0 saturated carbocycles. The molecule has 0 radical (unpaired) electrons. The number of hydrogen-bond acceptors (Lipinski definition) is 16. The maximum absolute atomic E-state index is 14.4. The smallest absolute Gasteiger partial charge is 0.326 e. The molecule has 0 spiro atoms. The topological polar surface area (TPSA) is 466 Å². The lowest BCUT2D eigenvalue weighted by Crippen LogP contribution is -2.62. The van der Waals surface area contributed by atoms with E-state index in [1.165, 1.54) is 48.5 Å². The van der Waals surface area contributed by atoms with Crippen molar-refractivity contribution in [3.8, 4) is 11.5 Å². The number of nitrogens with zero attached hydrogens (tertiary/aromatic N) is 1. The number of benzene rings is 2. The zero-order valence-corrected chi connectivity index (χ0v) is 45.7. The first-order valence-electron chi connectivity index (χ1n) is 26.4. The van der Waals surface area contributed by atoms with Gasteiger partial charge in [-0.05, 0) is 92.7 Å². The van der Waals surface area contributed by atoms with Crippen molar-refractivity contribution in [2.24, 2.45) is 23.3 Å². The Bertz CT molecular complexity index is 2560. The molecule has 1 aliphatic rings. The summed E-state index contributed by atoms with van der Waals surface area (Å²) in [5.41, 5.74) is 12.6. The van der Waals surface area contributed by atoms with Gasteiger partial charge in [-0.25, -0.2) is 4.79 Å². The van der Waals surface area contributed by atoms with Crippen LogP contribution in [0.1, 0.15) is 104 Å². The number of aliphatic hydroxyl groups excluding tert-OH is 1. The third kappa shape index (κ3) is 22.0. The minimum Gasteiger partial charge on any atom is -0.508 e. The van der Waals surface area contributed by atoms with E-state index in [4.69, 9.17) is 11.5 Å². The largest absolute Gasteiger partial charge is 0.508 e. The van der Waals surface area contributed by atoms with E-state index in [0.29, 0.717) is 11.1 Å². The maximum atomic E-state index is 14.4. The van der Waals surface area contributed by atoms with Crippen molar-refractivity contribution < 1.29 is 88.2 Å². The summed E-state index contributed by atoms with van der Waals surface area (Å²) >= 11 is 0. The molecule has 446 valence electrons. The van der Waals surface area contributed by atoms with E-state index in [9.17, 15) is 88.2 Å². The molecule has 81 heavy (non-hydrogen) atoms. The number of rotatable bonds is 33. The molecule has 17 N–H and O–H groups in total. The van der Waals surface area contributed by atoms with Gasteiger partial charge in [-0.3, -0.25) is 52.7 Å². The van der Waals surface area contributed by atoms with E-state index < -0.39 is 170 Å². The van der Waals surface area contributed by atoms with Crippen molar-refractivity contribution in [1.29, 1.82) is 0 Å². The fourth-order valence-corrected chi connectivity index (χ4v) is 8.67. The Morgan fingerprint density at radius 3 is 1.60 bits per heavy atom. The Kier molecular flexibility index (Phi) is 26.4.